The number of methoxy groups -OCH3 is 1. The van der Waals surface area contributed by atoms with Crippen molar-refractivity contribution in [1.29, 1.82) is 0 Å². The Bertz CT molecular complexity index is 540. The van der Waals surface area contributed by atoms with E-state index in [0.717, 1.165) is 10.9 Å². The van der Waals surface area contributed by atoms with Crippen molar-refractivity contribution >= 4 is 22.6 Å². The van der Waals surface area contributed by atoms with Gasteiger partial charge in [0.1, 0.15) is 6.33 Å². The Morgan fingerprint density at radius 1 is 1.44 bits per heavy atom. The quantitative estimate of drug-likeness (QED) is 0.771. The smallest absolute Gasteiger partial charge is 0.340 e. The number of aromatic nitrogens is 2. The normalized spacial score (nSPS) is 10.1. The van der Waals surface area contributed by atoms with Crippen molar-refractivity contribution in [3.63, 3.8) is 0 Å². The van der Waals surface area contributed by atoms with Gasteiger partial charge in [-0.05, 0) is 12.1 Å². The maximum Gasteiger partial charge on any atom is 0.340 e. The summed E-state index contributed by atoms with van der Waals surface area (Å²) in [4.78, 5) is 19.5. The summed E-state index contributed by atoms with van der Waals surface area (Å²) in [6.07, 6.45) is 3.15. The summed E-state index contributed by atoms with van der Waals surface area (Å²) in [7, 11) is 3.10. The second-order valence-corrected chi connectivity index (χ2v) is 3.22. The molecule has 0 aliphatic rings. The Labute approximate surface area is 92.5 Å². The fourth-order valence-electron chi connectivity index (χ4n) is 1.52. The molecular weight excluding hydrogens is 206 g/mol. The fraction of sp³-hybridized carbons (Fsp3) is 0.182. The highest BCUT2D eigenvalue weighted by Gasteiger charge is 2.12. The maximum absolute atomic E-state index is 11.5. The Kier molecular flexibility index (Phi) is 2.68. The van der Waals surface area contributed by atoms with Gasteiger partial charge in [-0.2, -0.15) is 0 Å². The second kappa shape index (κ2) is 4.14. The fourth-order valence-corrected chi connectivity index (χ4v) is 1.52. The summed E-state index contributed by atoms with van der Waals surface area (Å²) in [6.45, 7) is 0. The molecule has 1 N–H and O–H groups in total. The number of hydrogen-bond donors (Lipinski definition) is 1. The van der Waals surface area contributed by atoms with Gasteiger partial charge in [0.15, 0.2) is 0 Å². The van der Waals surface area contributed by atoms with Crippen LogP contribution in [0, 0.1) is 0 Å². The zero-order valence-corrected chi connectivity index (χ0v) is 9.02. The van der Waals surface area contributed by atoms with Crippen molar-refractivity contribution in [1.82, 2.24) is 9.97 Å². The van der Waals surface area contributed by atoms with E-state index in [0.29, 0.717) is 11.3 Å². The van der Waals surface area contributed by atoms with Gasteiger partial charge in [0, 0.05) is 24.3 Å². The van der Waals surface area contributed by atoms with Gasteiger partial charge < -0.3 is 10.1 Å². The molecule has 0 unspecified atom stereocenters. The van der Waals surface area contributed by atoms with Gasteiger partial charge in [0.2, 0.25) is 0 Å². The van der Waals surface area contributed by atoms with Crippen molar-refractivity contribution in [2.24, 2.45) is 0 Å². The van der Waals surface area contributed by atoms with Crippen LogP contribution in [0.1, 0.15) is 10.4 Å². The van der Waals surface area contributed by atoms with Gasteiger partial charge in [-0.15, -0.1) is 0 Å². The summed E-state index contributed by atoms with van der Waals surface area (Å²) in [5, 5.41) is 3.82. The maximum atomic E-state index is 11.5. The SMILES string of the molecule is CNc1cc2cncnc2cc1C(=O)OC. The van der Waals surface area contributed by atoms with E-state index < -0.39 is 0 Å². The lowest BCUT2D eigenvalue weighted by atomic mass is 10.1. The Hall–Kier alpha value is -2.17. The first kappa shape index (κ1) is 10.4. The number of esters is 1. The molecule has 82 valence electrons. The van der Waals surface area contributed by atoms with E-state index >= 15 is 0 Å². The van der Waals surface area contributed by atoms with E-state index in [4.69, 9.17) is 4.74 Å². The summed E-state index contributed by atoms with van der Waals surface area (Å²) in [5.41, 5.74) is 1.89. The van der Waals surface area contributed by atoms with Crippen molar-refractivity contribution in [3.05, 3.63) is 30.2 Å². The van der Waals surface area contributed by atoms with E-state index in [9.17, 15) is 4.79 Å². The van der Waals surface area contributed by atoms with Gasteiger partial charge >= 0.3 is 5.97 Å². The van der Waals surface area contributed by atoms with Gasteiger partial charge in [0.05, 0.1) is 18.2 Å². The van der Waals surface area contributed by atoms with Crippen LogP contribution in [0.4, 0.5) is 5.69 Å². The number of fused-ring (bicyclic) bond motifs is 1. The van der Waals surface area contributed by atoms with Gasteiger partial charge in [0.25, 0.3) is 0 Å². The molecule has 5 heteroatoms. The molecule has 0 aliphatic carbocycles. The van der Waals surface area contributed by atoms with Gasteiger partial charge in [-0.1, -0.05) is 0 Å². The lowest BCUT2D eigenvalue weighted by molar-refractivity contribution is 0.0602. The third kappa shape index (κ3) is 1.67. The second-order valence-electron chi connectivity index (χ2n) is 3.22. The zero-order valence-electron chi connectivity index (χ0n) is 9.02. The molecule has 0 radical (unpaired) electrons. The highest BCUT2D eigenvalue weighted by Crippen LogP contribution is 2.22. The van der Waals surface area contributed by atoms with Crippen LogP contribution in [0.3, 0.4) is 0 Å². The lowest BCUT2D eigenvalue weighted by Crippen LogP contribution is -2.06. The molecule has 0 bridgehead atoms. The first-order valence-corrected chi connectivity index (χ1v) is 4.76. The number of nitrogens with one attached hydrogen (secondary N) is 1. The third-order valence-corrected chi connectivity index (χ3v) is 2.32. The van der Waals surface area contributed by atoms with Crippen LogP contribution in [-0.2, 0) is 4.74 Å². The molecule has 0 amide bonds. The Morgan fingerprint density at radius 2 is 2.25 bits per heavy atom. The molecule has 0 atom stereocenters. The number of anilines is 1. The summed E-state index contributed by atoms with van der Waals surface area (Å²) in [6, 6.07) is 3.51. The van der Waals surface area contributed by atoms with E-state index in [1.807, 2.05) is 6.07 Å². The molecule has 2 aromatic rings. The monoisotopic (exact) mass is 217 g/mol. The minimum atomic E-state index is -0.384. The summed E-state index contributed by atoms with van der Waals surface area (Å²) < 4.78 is 4.71. The van der Waals surface area contributed by atoms with Crippen LogP contribution in [0.2, 0.25) is 0 Å². The van der Waals surface area contributed by atoms with E-state index in [1.165, 1.54) is 13.4 Å². The average Bonchev–Trinajstić information content (AvgIpc) is 2.36. The number of carbonyl (C=O) groups is 1. The number of hydrogen-bond acceptors (Lipinski definition) is 5. The van der Waals surface area contributed by atoms with Crippen molar-refractivity contribution in [2.75, 3.05) is 19.5 Å². The zero-order chi connectivity index (χ0) is 11.5. The minimum Gasteiger partial charge on any atom is -0.465 e. The molecule has 0 spiro atoms. The number of ether oxygens (including phenoxy) is 1. The Morgan fingerprint density at radius 3 is 2.94 bits per heavy atom. The Balaban J connectivity index is 2.67. The van der Waals surface area contributed by atoms with Crippen LogP contribution in [0.25, 0.3) is 10.9 Å². The lowest BCUT2D eigenvalue weighted by Gasteiger charge is -2.08. The standard InChI is InChI=1S/C11H11N3O2/c1-12-10-3-7-5-13-6-14-9(7)4-8(10)11(15)16-2/h3-6,12H,1-2H3. The minimum absolute atomic E-state index is 0.384. The van der Waals surface area contributed by atoms with Crippen LogP contribution in [0.15, 0.2) is 24.7 Å². The first-order valence-electron chi connectivity index (χ1n) is 4.76. The number of rotatable bonds is 2. The summed E-state index contributed by atoms with van der Waals surface area (Å²) in [5.74, 6) is -0.384. The van der Waals surface area contributed by atoms with E-state index in [-0.39, 0.29) is 5.97 Å². The summed E-state index contributed by atoms with van der Waals surface area (Å²) >= 11 is 0. The van der Waals surface area contributed by atoms with E-state index in [2.05, 4.69) is 15.3 Å². The van der Waals surface area contributed by atoms with Crippen molar-refractivity contribution < 1.29 is 9.53 Å². The molecule has 5 nitrogen and oxygen atoms in total. The molecule has 0 saturated carbocycles. The van der Waals surface area contributed by atoms with Crippen LogP contribution in [0.5, 0.6) is 0 Å². The predicted molar refractivity (Wildman–Crippen MR) is 60.4 cm³/mol. The molecule has 0 saturated heterocycles. The number of benzene rings is 1. The highest BCUT2D eigenvalue weighted by molar-refractivity contribution is 6.00. The topological polar surface area (TPSA) is 64.1 Å². The predicted octanol–water partition coefficient (Wildman–Crippen LogP) is 1.46. The molecule has 1 heterocycles. The molecule has 0 fully saturated rings. The number of nitrogens with zero attached hydrogens (tertiary/aromatic N) is 2. The van der Waals surface area contributed by atoms with Crippen LogP contribution >= 0.6 is 0 Å². The third-order valence-electron chi connectivity index (χ3n) is 2.32. The van der Waals surface area contributed by atoms with Crippen molar-refractivity contribution in [2.45, 2.75) is 0 Å². The molecule has 0 aliphatic heterocycles. The molecule has 1 aromatic heterocycles. The molecule has 16 heavy (non-hydrogen) atoms. The average molecular weight is 217 g/mol. The number of carbonyl (C=O) groups excluding carboxylic acids is 1. The molecule has 1 aromatic carbocycles. The van der Waals surface area contributed by atoms with Gasteiger partial charge in [-0.3, -0.25) is 0 Å². The molecule has 2 rings (SSSR count). The first-order chi connectivity index (χ1) is 7.76. The van der Waals surface area contributed by atoms with Gasteiger partial charge in [-0.25, -0.2) is 14.8 Å². The largest absolute Gasteiger partial charge is 0.465 e. The molecular formula is C11H11N3O2. The van der Waals surface area contributed by atoms with Crippen LogP contribution in [-0.4, -0.2) is 30.1 Å². The van der Waals surface area contributed by atoms with E-state index in [1.54, 1.807) is 19.3 Å². The van der Waals surface area contributed by atoms with Crippen molar-refractivity contribution in [3.8, 4) is 0 Å². The highest BCUT2D eigenvalue weighted by atomic mass is 16.5. The van der Waals surface area contributed by atoms with Crippen LogP contribution < -0.4 is 5.32 Å².